The maximum absolute atomic E-state index is 11.6. The van der Waals surface area contributed by atoms with Crippen LogP contribution in [-0.4, -0.2) is 23.7 Å². The third-order valence-corrected chi connectivity index (χ3v) is 3.12. The molecular weight excluding hydrogens is 256 g/mol. The molecule has 2 amide bonds. The highest BCUT2D eigenvalue weighted by Gasteiger charge is 2.02. The first-order valence-electron chi connectivity index (χ1n) is 6.83. The summed E-state index contributed by atoms with van der Waals surface area (Å²) in [5, 5.41) is 14.0. The number of rotatable bonds is 7. The number of benzene rings is 1. The van der Waals surface area contributed by atoms with Gasteiger partial charge < -0.3 is 15.7 Å². The Kier molecular flexibility index (Phi) is 6.56. The zero-order chi connectivity index (χ0) is 15.0. The van der Waals surface area contributed by atoms with E-state index in [1.165, 1.54) is 5.56 Å². The van der Waals surface area contributed by atoms with Crippen molar-refractivity contribution in [3.05, 3.63) is 29.3 Å². The molecule has 0 aromatic heterocycles. The van der Waals surface area contributed by atoms with E-state index < -0.39 is 5.97 Å². The molecule has 20 heavy (non-hydrogen) atoms. The number of carboxylic acids is 1. The number of anilines is 1. The van der Waals surface area contributed by atoms with Crippen LogP contribution in [-0.2, 0) is 4.79 Å². The van der Waals surface area contributed by atoms with Crippen LogP contribution in [0.3, 0.4) is 0 Å². The zero-order valence-electron chi connectivity index (χ0n) is 12.0. The van der Waals surface area contributed by atoms with Crippen molar-refractivity contribution >= 4 is 17.7 Å². The van der Waals surface area contributed by atoms with E-state index in [9.17, 15) is 9.59 Å². The maximum Gasteiger partial charge on any atom is 0.319 e. The van der Waals surface area contributed by atoms with Gasteiger partial charge in [0.05, 0.1) is 0 Å². The Morgan fingerprint density at radius 2 is 1.85 bits per heavy atom. The zero-order valence-corrected chi connectivity index (χ0v) is 12.0. The van der Waals surface area contributed by atoms with Gasteiger partial charge in [-0.15, -0.1) is 0 Å². The molecule has 0 aliphatic heterocycles. The predicted molar refractivity (Wildman–Crippen MR) is 79.0 cm³/mol. The molecule has 3 N–H and O–H groups in total. The van der Waals surface area contributed by atoms with Crippen molar-refractivity contribution in [2.24, 2.45) is 0 Å². The third-order valence-electron chi connectivity index (χ3n) is 3.12. The summed E-state index contributed by atoms with van der Waals surface area (Å²) in [6.07, 6.45) is 2.43. The molecule has 1 aromatic carbocycles. The Morgan fingerprint density at radius 1 is 1.10 bits per heavy atom. The van der Waals surface area contributed by atoms with Gasteiger partial charge in [-0.3, -0.25) is 4.79 Å². The third kappa shape index (κ3) is 6.22. The standard InChI is InChI=1S/C15H22N2O3/c1-11-7-8-13(10-12(11)2)17-15(20)16-9-5-3-4-6-14(18)19/h7-8,10H,3-6,9H2,1-2H3,(H,18,19)(H2,16,17,20). The molecule has 110 valence electrons. The van der Waals surface area contributed by atoms with Gasteiger partial charge in [-0.2, -0.15) is 0 Å². The number of urea groups is 1. The molecule has 0 saturated heterocycles. The van der Waals surface area contributed by atoms with E-state index in [1.807, 2.05) is 32.0 Å². The Bertz CT molecular complexity index is 472. The van der Waals surface area contributed by atoms with E-state index >= 15 is 0 Å². The smallest absolute Gasteiger partial charge is 0.319 e. The highest BCUT2D eigenvalue weighted by atomic mass is 16.4. The lowest BCUT2D eigenvalue weighted by molar-refractivity contribution is -0.137. The van der Waals surface area contributed by atoms with Gasteiger partial charge in [0.25, 0.3) is 0 Å². The summed E-state index contributed by atoms with van der Waals surface area (Å²) in [4.78, 5) is 21.9. The Hall–Kier alpha value is -2.04. The molecule has 0 aliphatic carbocycles. The molecule has 0 aliphatic rings. The van der Waals surface area contributed by atoms with Crippen LogP contribution in [0.4, 0.5) is 10.5 Å². The lowest BCUT2D eigenvalue weighted by Crippen LogP contribution is -2.29. The lowest BCUT2D eigenvalue weighted by Gasteiger charge is -2.09. The first-order valence-corrected chi connectivity index (χ1v) is 6.83. The van der Waals surface area contributed by atoms with Crippen LogP contribution in [0.2, 0.25) is 0 Å². The second-order valence-corrected chi connectivity index (χ2v) is 4.88. The number of carbonyl (C=O) groups excluding carboxylic acids is 1. The van der Waals surface area contributed by atoms with Gasteiger partial charge in [-0.1, -0.05) is 12.5 Å². The summed E-state index contributed by atoms with van der Waals surface area (Å²) < 4.78 is 0. The molecule has 0 atom stereocenters. The van der Waals surface area contributed by atoms with Crippen molar-refractivity contribution in [1.29, 1.82) is 0 Å². The fourth-order valence-electron chi connectivity index (χ4n) is 1.77. The number of nitrogens with one attached hydrogen (secondary N) is 2. The van der Waals surface area contributed by atoms with Crippen LogP contribution in [0.25, 0.3) is 0 Å². The fraction of sp³-hybridized carbons (Fsp3) is 0.467. The minimum absolute atomic E-state index is 0.189. The van der Waals surface area contributed by atoms with Crippen molar-refractivity contribution in [3.8, 4) is 0 Å². The van der Waals surface area contributed by atoms with E-state index in [1.54, 1.807) is 0 Å². The largest absolute Gasteiger partial charge is 0.481 e. The molecule has 0 unspecified atom stereocenters. The number of amides is 2. The SMILES string of the molecule is Cc1ccc(NC(=O)NCCCCCC(=O)O)cc1C. The highest BCUT2D eigenvalue weighted by molar-refractivity contribution is 5.89. The highest BCUT2D eigenvalue weighted by Crippen LogP contribution is 2.13. The normalized spacial score (nSPS) is 10.1. The number of aliphatic carboxylic acids is 1. The summed E-state index contributed by atoms with van der Waals surface area (Å²) in [5.41, 5.74) is 3.10. The average molecular weight is 278 g/mol. The average Bonchev–Trinajstić information content (AvgIpc) is 2.38. The van der Waals surface area contributed by atoms with E-state index in [-0.39, 0.29) is 12.5 Å². The van der Waals surface area contributed by atoms with Crippen LogP contribution < -0.4 is 10.6 Å². The molecule has 0 radical (unpaired) electrons. The van der Waals surface area contributed by atoms with Crippen molar-refractivity contribution in [2.75, 3.05) is 11.9 Å². The van der Waals surface area contributed by atoms with Gasteiger partial charge in [0.1, 0.15) is 0 Å². The van der Waals surface area contributed by atoms with Crippen molar-refractivity contribution < 1.29 is 14.7 Å². The van der Waals surface area contributed by atoms with Crippen molar-refractivity contribution in [3.63, 3.8) is 0 Å². The van der Waals surface area contributed by atoms with Gasteiger partial charge in [-0.25, -0.2) is 4.79 Å². The molecule has 1 rings (SSSR count). The van der Waals surface area contributed by atoms with Gasteiger partial charge in [0.15, 0.2) is 0 Å². The molecule has 1 aromatic rings. The van der Waals surface area contributed by atoms with E-state index in [0.717, 1.165) is 24.1 Å². The van der Waals surface area contributed by atoms with E-state index in [0.29, 0.717) is 13.0 Å². The number of carbonyl (C=O) groups is 2. The number of hydrogen-bond donors (Lipinski definition) is 3. The quantitative estimate of drug-likeness (QED) is 0.671. The number of aryl methyl sites for hydroxylation is 2. The van der Waals surface area contributed by atoms with E-state index in [4.69, 9.17) is 5.11 Å². The Morgan fingerprint density at radius 3 is 2.50 bits per heavy atom. The molecule has 5 nitrogen and oxygen atoms in total. The number of carboxylic acid groups (broad SMARTS) is 1. The summed E-state index contributed by atoms with van der Waals surface area (Å²) in [6.45, 7) is 4.58. The predicted octanol–water partition coefficient (Wildman–Crippen LogP) is 3.07. The second kappa shape index (κ2) is 8.19. The van der Waals surface area contributed by atoms with Crippen LogP contribution in [0.15, 0.2) is 18.2 Å². The molecule has 0 fully saturated rings. The second-order valence-electron chi connectivity index (χ2n) is 4.88. The summed E-state index contributed by atoms with van der Waals surface area (Å²) in [5.74, 6) is -0.773. The summed E-state index contributed by atoms with van der Waals surface area (Å²) in [6, 6.07) is 5.54. The summed E-state index contributed by atoms with van der Waals surface area (Å²) >= 11 is 0. The van der Waals surface area contributed by atoms with E-state index in [2.05, 4.69) is 10.6 Å². The minimum Gasteiger partial charge on any atom is -0.481 e. The number of unbranched alkanes of at least 4 members (excludes halogenated alkanes) is 2. The van der Waals surface area contributed by atoms with Crippen molar-refractivity contribution in [2.45, 2.75) is 39.5 Å². The van der Waals surface area contributed by atoms with Gasteiger partial charge in [-0.05, 0) is 49.9 Å². The van der Waals surface area contributed by atoms with Crippen LogP contribution in [0.5, 0.6) is 0 Å². The monoisotopic (exact) mass is 278 g/mol. The lowest BCUT2D eigenvalue weighted by atomic mass is 10.1. The summed E-state index contributed by atoms with van der Waals surface area (Å²) in [7, 11) is 0. The van der Waals surface area contributed by atoms with Crippen LogP contribution >= 0.6 is 0 Å². The van der Waals surface area contributed by atoms with Gasteiger partial charge in [0, 0.05) is 18.7 Å². The van der Waals surface area contributed by atoms with Crippen LogP contribution in [0, 0.1) is 13.8 Å². The molecule has 0 saturated carbocycles. The maximum atomic E-state index is 11.6. The first kappa shape index (κ1) is 16.0. The minimum atomic E-state index is -0.773. The molecule has 0 bridgehead atoms. The number of hydrogen-bond acceptors (Lipinski definition) is 2. The Balaban J connectivity index is 2.20. The molecule has 0 heterocycles. The topological polar surface area (TPSA) is 78.4 Å². The van der Waals surface area contributed by atoms with Gasteiger partial charge >= 0.3 is 12.0 Å². The molecule has 0 spiro atoms. The first-order chi connectivity index (χ1) is 9.49. The molecule has 5 heteroatoms. The molecular formula is C15H22N2O3. The van der Waals surface area contributed by atoms with Crippen LogP contribution in [0.1, 0.15) is 36.8 Å². The van der Waals surface area contributed by atoms with Gasteiger partial charge in [0.2, 0.25) is 0 Å². The Labute approximate surface area is 119 Å². The fourth-order valence-corrected chi connectivity index (χ4v) is 1.77. The van der Waals surface area contributed by atoms with Crippen molar-refractivity contribution in [1.82, 2.24) is 5.32 Å².